The molecule has 1 saturated heterocycles. The van der Waals surface area contributed by atoms with E-state index >= 15 is 0 Å². The number of amides is 1. The van der Waals surface area contributed by atoms with Crippen LogP contribution in [0.25, 0.3) is 0 Å². The molecule has 0 unspecified atom stereocenters. The maximum Gasteiger partial charge on any atom is 0.250 e. The Kier molecular flexibility index (Phi) is 4.12. The SMILES string of the molecule is CNC(=O)[C@H]1CN(Cc2ccccc2)CCO1. The van der Waals surface area contributed by atoms with Crippen LogP contribution in [0.15, 0.2) is 30.3 Å². The van der Waals surface area contributed by atoms with E-state index in [-0.39, 0.29) is 12.0 Å². The number of carbonyl (C=O) groups excluding carboxylic acids is 1. The highest BCUT2D eigenvalue weighted by Gasteiger charge is 2.25. The molecule has 1 aliphatic rings. The van der Waals surface area contributed by atoms with Crippen LogP contribution < -0.4 is 5.32 Å². The van der Waals surface area contributed by atoms with Crippen LogP contribution >= 0.6 is 0 Å². The Labute approximate surface area is 102 Å². The Morgan fingerprint density at radius 2 is 2.24 bits per heavy atom. The molecule has 1 aromatic carbocycles. The van der Waals surface area contributed by atoms with Gasteiger partial charge in [0.05, 0.1) is 6.61 Å². The minimum atomic E-state index is -0.336. The summed E-state index contributed by atoms with van der Waals surface area (Å²) in [5.41, 5.74) is 1.27. The normalized spacial score (nSPS) is 21.1. The molecule has 1 N–H and O–H groups in total. The maximum atomic E-state index is 11.5. The van der Waals surface area contributed by atoms with E-state index < -0.39 is 0 Å². The van der Waals surface area contributed by atoms with Gasteiger partial charge in [-0.15, -0.1) is 0 Å². The van der Waals surface area contributed by atoms with Crippen LogP contribution in [0.2, 0.25) is 0 Å². The number of nitrogens with one attached hydrogen (secondary N) is 1. The summed E-state index contributed by atoms with van der Waals surface area (Å²) in [4.78, 5) is 13.8. The predicted octanol–water partition coefficient (Wildman–Crippen LogP) is 0.633. The number of ether oxygens (including phenoxy) is 1. The van der Waals surface area contributed by atoms with Gasteiger partial charge < -0.3 is 10.1 Å². The fourth-order valence-corrected chi connectivity index (χ4v) is 2.01. The number of benzene rings is 1. The molecule has 2 rings (SSSR count). The first-order chi connectivity index (χ1) is 8.29. The fourth-order valence-electron chi connectivity index (χ4n) is 2.01. The largest absolute Gasteiger partial charge is 0.366 e. The molecule has 92 valence electrons. The maximum absolute atomic E-state index is 11.5. The van der Waals surface area contributed by atoms with Crippen LogP contribution in [0.1, 0.15) is 5.56 Å². The number of likely N-dealkylation sites (N-methyl/N-ethyl adjacent to an activating group) is 1. The molecular weight excluding hydrogens is 216 g/mol. The quantitative estimate of drug-likeness (QED) is 0.834. The molecule has 4 nitrogen and oxygen atoms in total. The minimum Gasteiger partial charge on any atom is -0.366 e. The van der Waals surface area contributed by atoms with Crippen LogP contribution in [-0.2, 0) is 16.1 Å². The molecule has 0 spiro atoms. The van der Waals surface area contributed by atoms with Crippen LogP contribution in [0.3, 0.4) is 0 Å². The standard InChI is InChI=1S/C13H18N2O2/c1-14-13(16)12-10-15(7-8-17-12)9-11-5-3-2-4-6-11/h2-6,12H,7-10H2,1H3,(H,14,16)/t12-/m1/s1. The molecule has 1 amide bonds. The zero-order chi connectivity index (χ0) is 12.1. The summed E-state index contributed by atoms with van der Waals surface area (Å²) in [6.45, 7) is 3.03. The van der Waals surface area contributed by atoms with Crippen molar-refractivity contribution in [1.29, 1.82) is 0 Å². The zero-order valence-corrected chi connectivity index (χ0v) is 10.1. The Hall–Kier alpha value is -1.39. The van der Waals surface area contributed by atoms with E-state index in [4.69, 9.17) is 4.74 Å². The Bertz CT molecular complexity index is 367. The molecule has 0 bridgehead atoms. The molecule has 17 heavy (non-hydrogen) atoms. The van der Waals surface area contributed by atoms with Gasteiger partial charge in [0.1, 0.15) is 6.10 Å². The average Bonchev–Trinajstić information content (AvgIpc) is 2.39. The molecule has 0 saturated carbocycles. The van der Waals surface area contributed by atoms with Gasteiger partial charge >= 0.3 is 0 Å². The van der Waals surface area contributed by atoms with Gasteiger partial charge in [0.15, 0.2) is 0 Å². The van der Waals surface area contributed by atoms with Crippen molar-refractivity contribution in [1.82, 2.24) is 10.2 Å². The van der Waals surface area contributed by atoms with Crippen molar-refractivity contribution < 1.29 is 9.53 Å². The summed E-state index contributed by atoms with van der Waals surface area (Å²) in [6.07, 6.45) is -0.336. The van der Waals surface area contributed by atoms with Crippen LogP contribution in [0.4, 0.5) is 0 Å². The third-order valence-corrected chi connectivity index (χ3v) is 2.94. The monoisotopic (exact) mass is 234 g/mol. The number of nitrogens with zero attached hydrogens (tertiary/aromatic N) is 1. The minimum absolute atomic E-state index is 0.0391. The third kappa shape index (κ3) is 3.28. The fraction of sp³-hybridized carbons (Fsp3) is 0.462. The Morgan fingerprint density at radius 3 is 2.94 bits per heavy atom. The Morgan fingerprint density at radius 1 is 1.47 bits per heavy atom. The first-order valence-electron chi connectivity index (χ1n) is 5.89. The summed E-state index contributed by atoms with van der Waals surface area (Å²) < 4.78 is 5.44. The van der Waals surface area contributed by atoms with Gasteiger partial charge in [-0.25, -0.2) is 0 Å². The second-order valence-electron chi connectivity index (χ2n) is 4.19. The van der Waals surface area contributed by atoms with Crippen molar-refractivity contribution in [3.8, 4) is 0 Å². The summed E-state index contributed by atoms with van der Waals surface area (Å²) in [6, 6.07) is 10.3. The second-order valence-corrected chi connectivity index (χ2v) is 4.19. The number of morpholine rings is 1. The first kappa shape index (κ1) is 12.1. The molecule has 4 heteroatoms. The molecule has 1 aromatic rings. The van der Waals surface area contributed by atoms with Crippen LogP contribution in [0.5, 0.6) is 0 Å². The predicted molar refractivity (Wildman–Crippen MR) is 65.5 cm³/mol. The highest BCUT2D eigenvalue weighted by molar-refractivity contribution is 5.80. The van der Waals surface area contributed by atoms with Gasteiger partial charge in [-0.3, -0.25) is 9.69 Å². The van der Waals surface area contributed by atoms with E-state index in [1.54, 1.807) is 7.05 Å². The summed E-state index contributed by atoms with van der Waals surface area (Å²) in [7, 11) is 1.64. The Balaban J connectivity index is 1.92. The summed E-state index contributed by atoms with van der Waals surface area (Å²) >= 11 is 0. The highest BCUT2D eigenvalue weighted by Crippen LogP contribution is 2.10. The first-order valence-corrected chi connectivity index (χ1v) is 5.89. The van der Waals surface area contributed by atoms with E-state index in [9.17, 15) is 4.79 Å². The van der Waals surface area contributed by atoms with Crippen LogP contribution in [-0.4, -0.2) is 43.7 Å². The van der Waals surface area contributed by atoms with Gasteiger partial charge in [-0.05, 0) is 5.56 Å². The number of hydrogen-bond donors (Lipinski definition) is 1. The number of rotatable bonds is 3. The average molecular weight is 234 g/mol. The van der Waals surface area contributed by atoms with E-state index in [1.807, 2.05) is 18.2 Å². The van der Waals surface area contributed by atoms with Gasteiger partial charge in [0.25, 0.3) is 0 Å². The molecule has 1 fully saturated rings. The summed E-state index contributed by atoms with van der Waals surface area (Å²) in [5.74, 6) is -0.0391. The van der Waals surface area contributed by atoms with Crippen LogP contribution in [0, 0.1) is 0 Å². The molecule has 0 radical (unpaired) electrons. The van der Waals surface area contributed by atoms with Crippen molar-refractivity contribution in [3.63, 3.8) is 0 Å². The summed E-state index contributed by atoms with van der Waals surface area (Å²) in [5, 5.41) is 2.63. The zero-order valence-electron chi connectivity index (χ0n) is 10.1. The van der Waals surface area contributed by atoms with E-state index in [0.29, 0.717) is 13.2 Å². The lowest BCUT2D eigenvalue weighted by atomic mass is 10.2. The van der Waals surface area contributed by atoms with E-state index in [2.05, 4.69) is 22.3 Å². The van der Waals surface area contributed by atoms with Gasteiger partial charge in [-0.1, -0.05) is 30.3 Å². The molecule has 1 aliphatic heterocycles. The number of hydrogen-bond acceptors (Lipinski definition) is 3. The second kappa shape index (κ2) is 5.80. The lowest BCUT2D eigenvalue weighted by Crippen LogP contribution is -2.48. The van der Waals surface area contributed by atoms with Gasteiger partial charge in [0, 0.05) is 26.7 Å². The highest BCUT2D eigenvalue weighted by atomic mass is 16.5. The van der Waals surface area contributed by atoms with Crippen molar-refractivity contribution in [2.75, 3.05) is 26.7 Å². The molecular formula is C13H18N2O2. The van der Waals surface area contributed by atoms with E-state index in [1.165, 1.54) is 5.56 Å². The smallest absolute Gasteiger partial charge is 0.250 e. The van der Waals surface area contributed by atoms with Crippen molar-refractivity contribution in [3.05, 3.63) is 35.9 Å². The number of carbonyl (C=O) groups is 1. The van der Waals surface area contributed by atoms with Gasteiger partial charge in [-0.2, -0.15) is 0 Å². The lowest BCUT2D eigenvalue weighted by molar-refractivity contribution is -0.138. The van der Waals surface area contributed by atoms with Crippen molar-refractivity contribution in [2.45, 2.75) is 12.6 Å². The molecule has 0 aliphatic carbocycles. The lowest BCUT2D eigenvalue weighted by Gasteiger charge is -2.31. The van der Waals surface area contributed by atoms with E-state index in [0.717, 1.165) is 13.1 Å². The third-order valence-electron chi connectivity index (χ3n) is 2.94. The topological polar surface area (TPSA) is 41.6 Å². The molecule has 1 heterocycles. The van der Waals surface area contributed by atoms with Crippen molar-refractivity contribution in [2.24, 2.45) is 0 Å². The van der Waals surface area contributed by atoms with Crippen molar-refractivity contribution >= 4 is 5.91 Å². The molecule has 0 aromatic heterocycles. The molecule has 1 atom stereocenters. The van der Waals surface area contributed by atoms with Gasteiger partial charge in [0.2, 0.25) is 5.91 Å².